The molecule has 1 aromatic carbocycles. The maximum absolute atomic E-state index is 11.7. The Morgan fingerprint density at radius 3 is 2.38 bits per heavy atom. The summed E-state index contributed by atoms with van der Waals surface area (Å²) in [7, 11) is 4.55. The van der Waals surface area contributed by atoms with Gasteiger partial charge in [0.2, 0.25) is 5.78 Å². The third-order valence-corrected chi connectivity index (χ3v) is 3.54. The Hall–Kier alpha value is -1.86. The molecule has 7 heteroatoms. The Labute approximate surface area is 130 Å². The van der Waals surface area contributed by atoms with Crippen LogP contribution >= 0.6 is 15.9 Å². The third-order valence-electron chi connectivity index (χ3n) is 2.76. The summed E-state index contributed by atoms with van der Waals surface area (Å²) in [5, 5.41) is 0. The molecular weight excluding hydrogens is 342 g/mol. The van der Waals surface area contributed by atoms with Crippen molar-refractivity contribution in [2.45, 2.75) is 0 Å². The van der Waals surface area contributed by atoms with E-state index in [9.17, 15) is 4.79 Å². The number of carbonyl (C=O) groups is 1. The SMILES string of the molecule is COCC(=O)c1nc(-c2cc(OC)c(Br)c(OC)c2)co1. The zero-order valence-electron chi connectivity index (χ0n) is 11.8. The molecule has 0 aliphatic carbocycles. The van der Waals surface area contributed by atoms with Crippen LogP contribution in [0.1, 0.15) is 10.7 Å². The van der Waals surface area contributed by atoms with Crippen LogP contribution in [-0.4, -0.2) is 38.7 Å². The van der Waals surface area contributed by atoms with E-state index in [2.05, 4.69) is 20.9 Å². The lowest BCUT2D eigenvalue weighted by Crippen LogP contribution is -2.07. The summed E-state index contributed by atoms with van der Waals surface area (Å²) >= 11 is 3.39. The molecule has 0 bridgehead atoms. The summed E-state index contributed by atoms with van der Waals surface area (Å²) < 4.78 is 21.2. The van der Waals surface area contributed by atoms with Gasteiger partial charge in [-0.05, 0) is 28.1 Å². The Morgan fingerprint density at radius 2 is 1.86 bits per heavy atom. The van der Waals surface area contributed by atoms with E-state index in [-0.39, 0.29) is 18.3 Å². The van der Waals surface area contributed by atoms with Crippen LogP contribution in [0.3, 0.4) is 0 Å². The molecule has 0 aliphatic rings. The Kier molecular flexibility index (Phi) is 4.98. The minimum atomic E-state index is -0.320. The van der Waals surface area contributed by atoms with Gasteiger partial charge in [-0.3, -0.25) is 4.79 Å². The lowest BCUT2D eigenvalue weighted by molar-refractivity contribution is 0.0813. The van der Waals surface area contributed by atoms with Gasteiger partial charge in [0.15, 0.2) is 0 Å². The average Bonchev–Trinajstić information content (AvgIpc) is 2.97. The van der Waals surface area contributed by atoms with Gasteiger partial charge in [-0.25, -0.2) is 4.98 Å². The second-order valence-corrected chi connectivity index (χ2v) is 4.88. The van der Waals surface area contributed by atoms with E-state index >= 15 is 0 Å². The summed E-state index contributed by atoms with van der Waals surface area (Å²) in [6.45, 7) is -0.0765. The molecule has 0 saturated carbocycles. The van der Waals surface area contributed by atoms with Crippen molar-refractivity contribution in [3.05, 3.63) is 28.8 Å². The van der Waals surface area contributed by atoms with Crippen molar-refractivity contribution in [2.24, 2.45) is 0 Å². The monoisotopic (exact) mass is 355 g/mol. The Bertz CT molecular complexity index is 628. The summed E-state index contributed by atoms with van der Waals surface area (Å²) in [6.07, 6.45) is 1.41. The second-order valence-electron chi connectivity index (χ2n) is 4.09. The molecule has 0 N–H and O–H groups in total. The number of halogens is 1. The normalized spacial score (nSPS) is 10.5. The summed E-state index contributed by atoms with van der Waals surface area (Å²) in [5.41, 5.74) is 1.23. The van der Waals surface area contributed by atoms with Gasteiger partial charge in [0.05, 0.1) is 14.2 Å². The number of hydrogen-bond acceptors (Lipinski definition) is 6. The zero-order chi connectivity index (χ0) is 15.4. The molecule has 1 heterocycles. The van der Waals surface area contributed by atoms with Crippen molar-refractivity contribution < 1.29 is 23.4 Å². The van der Waals surface area contributed by atoms with Crippen molar-refractivity contribution in [1.29, 1.82) is 0 Å². The number of rotatable bonds is 6. The number of hydrogen-bond donors (Lipinski definition) is 0. The van der Waals surface area contributed by atoms with E-state index in [0.29, 0.717) is 27.2 Å². The van der Waals surface area contributed by atoms with Crippen molar-refractivity contribution in [1.82, 2.24) is 4.98 Å². The fourth-order valence-corrected chi connectivity index (χ4v) is 2.30. The van der Waals surface area contributed by atoms with Crippen LogP contribution in [0.15, 0.2) is 27.3 Å². The third kappa shape index (κ3) is 3.25. The van der Waals surface area contributed by atoms with Crippen molar-refractivity contribution in [3.63, 3.8) is 0 Å². The Balaban J connectivity index is 2.40. The molecular formula is C14H14BrNO5. The van der Waals surface area contributed by atoms with Crippen LogP contribution in [0.5, 0.6) is 11.5 Å². The Morgan fingerprint density at radius 1 is 1.24 bits per heavy atom. The lowest BCUT2D eigenvalue weighted by Gasteiger charge is -2.10. The highest BCUT2D eigenvalue weighted by Crippen LogP contribution is 2.38. The number of Topliss-reactive ketones (excluding diaryl/α,β-unsaturated/α-hetero) is 1. The molecule has 0 fully saturated rings. The van der Waals surface area contributed by atoms with Gasteiger partial charge in [-0.1, -0.05) is 0 Å². The molecule has 0 amide bonds. The van der Waals surface area contributed by atoms with E-state index in [1.165, 1.54) is 13.4 Å². The molecule has 0 atom stereocenters. The standard InChI is InChI=1S/C14H14BrNO5/c1-18-7-10(17)14-16-9(6-21-14)8-4-11(19-2)13(15)12(5-8)20-3/h4-6H,7H2,1-3H3. The quantitative estimate of drug-likeness (QED) is 0.742. The van der Waals surface area contributed by atoms with Gasteiger partial charge in [0.1, 0.15) is 34.5 Å². The van der Waals surface area contributed by atoms with Crippen LogP contribution < -0.4 is 9.47 Å². The number of carbonyl (C=O) groups excluding carboxylic acids is 1. The maximum Gasteiger partial charge on any atom is 0.266 e. The van der Waals surface area contributed by atoms with Crippen LogP contribution in [0.4, 0.5) is 0 Å². The fraction of sp³-hybridized carbons (Fsp3) is 0.286. The van der Waals surface area contributed by atoms with E-state index in [4.69, 9.17) is 18.6 Å². The number of ether oxygens (including phenoxy) is 3. The molecule has 0 radical (unpaired) electrons. The molecule has 1 aromatic heterocycles. The molecule has 0 unspecified atom stereocenters. The fourth-order valence-electron chi connectivity index (χ4n) is 1.74. The van der Waals surface area contributed by atoms with Crippen LogP contribution in [0, 0.1) is 0 Å². The van der Waals surface area contributed by atoms with Gasteiger partial charge < -0.3 is 18.6 Å². The molecule has 2 aromatic rings. The number of ketones is 1. The highest BCUT2D eigenvalue weighted by atomic mass is 79.9. The summed E-state index contributed by atoms with van der Waals surface area (Å²) in [6, 6.07) is 3.55. The van der Waals surface area contributed by atoms with Crippen LogP contribution in [-0.2, 0) is 4.74 Å². The van der Waals surface area contributed by atoms with Gasteiger partial charge in [0, 0.05) is 12.7 Å². The molecule has 0 saturated heterocycles. The maximum atomic E-state index is 11.7. The van der Waals surface area contributed by atoms with E-state index in [1.807, 2.05) is 0 Å². The number of benzene rings is 1. The van der Waals surface area contributed by atoms with E-state index in [1.54, 1.807) is 26.4 Å². The molecule has 21 heavy (non-hydrogen) atoms. The van der Waals surface area contributed by atoms with E-state index in [0.717, 1.165) is 0 Å². The predicted molar refractivity (Wildman–Crippen MR) is 78.9 cm³/mol. The number of nitrogens with zero attached hydrogens (tertiary/aromatic N) is 1. The van der Waals surface area contributed by atoms with Crippen LogP contribution in [0.2, 0.25) is 0 Å². The minimum Gasteiger partial charge on any atom is -0.495 e. The summed E-state index contributed by atoms with van der Waals surface area (Å²) in [5.74, 6) is 0.877. The van der Waals surface area contributed by atoms with Gasteiger partial charge in [0.25, 0.3) is 5.89 Å². The van der Waals surface area contributed by atoms with Gasteiger partial charge in [-0.2, -0.15) is 0 Å². The minimum absolute atomic E-state index is 0.00713. The van der Waals surface area contributed by atoms with Gasteiger partial charge in [-0.15, -0.1) is 0 Å². The molecule has 0 aliphatic heterocycles. The molecule has 2 rings (SSSR count). The number of oxazole rings is 1. The molecule has 0 spiro atoms. The first-order chi connectivity index (χ1) is 10.1. The summed E-state index contributed by atoms with van der Waals surface area (Å²) in [4.78, 5) is 15.8. The zero-order valence-corrected chi connectivity index (χ0v) is 13.4. The van der Waals surface area contributed by atoms with E-state index < -0.39 is 0 Å². The first-order valence-electron chi connectivity index (χ1n) is 6.00. The highest BCUT2D eigenvalue weighted by molar-refractivity contribution is 9.10. The lowest BCUT2D eigenvalue weighted by atomic mass is 10.1. The highest BCUT2D eigenvalue weighted by Gasteiger charge is 2.17. The first kappa shape index (κ1) is 15.5. The first-order valence-corrected chi connectivity index (χ1v) is 6.79. The van der Waals surface area contributed by atoms with Crippen LogP contribution in [0.25, 0.3) is 11.3 Å². The topological polar surface area (TPSA) is 70.8 Å². The number of aromatic nitrogens is 1. The van der Waals surface area contributed by atoms with Crippen molar-refractivity contribution in [2.75, 3.05) is 27.9 Å². The number of methoxy groups -OCH3 is 3. The molecule has 112 valence electrons. The average molecular weight is 356 g/mol. The van der Waals surface area contributed by atoms with Crippen molar-refractivity contribution in [3.8, 4) is 22.8 Å². The smallest absolute Gasteiger partial charge is 0.266 e. The largest absolute Gasteiger partial charge is 0.495 e. The predicted octanol–water partition coefficient (Wildman–Crippen LogP) is 2.95. The molecule has 6 nitrogen and oxygen atoms in total. The second kappa shape index (κ2) is 6.73. The van der Waals surface area contributed by atoms with Crippen molar-refractivity contribution >= 4 is 21.7 Å². The van der Waals surface area contributed by atoms with Gasteiger partial charge >= 0.3 is 0 Å².